The van der Waals surface area contributed by atoms with Gasteiger partial charge in [0.25, 0.3) is 0 Å². The zero-order valence-corrected chi connectivity index (χ0v) is 21.0. The maximum Gasteiger partial charge on any atom is 0.143 e. The first-order valence-electron chi connectivity index (χ1n) is 11.6. The van der Waals surface area contributed by atoms with Gasteiger partial charge in [0.05, 0.1) is 11.2 Å². The third kappa shape index (κ3) is 5.64. The molecule has 0 unspecified atom stereocenters. The van der Waals surface area contributed by atoms with Crippen LogP contribution in [0.25, 0.3) is 22.0 Å². The molecule has 0 aliphatic heterocycles. The molecule has 0 aliphatic rings. The lowest BCUT2D eigenvalue weighted by Gasteiger charge is -2.23. The lowest BCUT2D eigenvalue weighted by atomic mass is 10.00. The fourth-order valence-corrected chi connectivity index (χ4v) is 4.53. The number of phenolic OH excluding ortho intramolecular Hbond substituents is 1. The Morgan fingerprint density at radius 3 is 2.24 bits per heavy atom. The van der Waals surface area contributed by atoms with Crippen molar-refractivity contribution in [2.24, 2.45) is 0 Å². The molecule has 4 rings (SSSR count). The predicted molar refractivity (Wildman–Crippen MR) is 144 cm³/mol. The van der Waals surface area contributed by atoms with E-state index in [1.807, 2.05) is 54.6 Å². The van der Waals surface area contributed by atoms with Gasteiger partial charge in [0.2, 0.25) is 0 Å². The van der Waals surface area contributed by atoms with E-state index in [9.17, 15) is 5.11 Å². The highest BCUT2D eigenvalue weighted by atomic mass is 35.5. The number of halogens is 2. The molecular weight excluding hydrogens is 465 g/mol. The average molecular weight is 494 g/mol. The largest absolute Gasteiger partial charge is 0.505 e. The van der Waals surface area contributed by atoms with Crippen molar-refractivity contribution in [1.82, 2.24) is 9.88 Å². The van der Waals surface area contributed by atoms with Crippen LogP contribution in [0.15, 0.2) is 66.9 Å². The molecule has 4 nitrogen and oxygen atoms in total. The molecule has 4 aromatic rings. The highest BCUT2D eigenvalue weighted by Gasteiger charge is 2.16. The maximum atomic E-state index is 11.3. The number of pyridine rings is 1. The molecule has 3 aromatic carbocycles. The van der Waals surface area contributed by atoms with Gasteiger partial charge in [-0.2, -0.15) is 0 Å². The summed E-state index contributed by atoms with van der Waals surface area (Å²) < 4.78 is 0. The number of benzene rings is 3. The van der Waals surface area contributed by atoms with E-state index in [-0.39, 0.29) is 5.75 Å². The van der Waals surface area contributed by atoms with Gasteiger partial charge in [-0.1, -0.05) is 49.2 Å². The van der Waals surface area contributed by atoms with E-state index in [0.717, 1.165) is 59.2 Å². The number of phenols is 1. The van der Waals surface area contributed by atoms with Crippen molar-refractivity contribution in [3.63, 3.8) is 0 Å². The molecule has 0 radical (unpaired) electrons. The standard InChI is InChI=1S/C28H29Cl2N3O/c1-3-13-33(14-4-2)18-21-15-20(19-5-7-22(29)8-6-19)16-27(28(21)34)32-25-11-12-31-26-17-23(30)9-10-24(25)26/h5-12,15-17,34H,3-4,13-14,18H2,1-2H3,(H,31,32). The highest BCUT2D eigenvalue weighted by molar-refractivity contribution is 6.31. The Bertz CT molecular complexity index is 1270. The topological polar surface area (TPSA) is 48.4 Å². The lowest BCUT2D eigenvalue weighted by molar-refractivity contribution is 0.263. The fraction of sp³-hybridized carbons (Fsp3) is 0.250. The minimum atomic E-state index is 0.258. The highest BCUT2D eigenvalue weighted by Crippen LogP contribution is 2.38. The van der Waals surface area contributed by atoms with Crippen molar-refractivity contribution in [3.05, 3.63) is 82.5 Å². The molecule has 176 valence electrons. The third-order valence-electron chi connectivity index (χ3n) is 5.81. The number of anilines is 2. The van der Waals surface area contributed by atoms with Crippen LogP contribution >= 0.6 is 23.2 Å². The van der Waals surface area contributed by atoms with Crippen molar-refractivity contribution in [2.75, 3.05) is 18.4 Å². The van der Waals surface area contributed by atoms with Gasteiger partial charge in [-0.05, 0) is 85.6 Å². The second-order valence-corrected chi connectivity index (χ2v) is 9.33. The van der Waals surface area contributed by atoms with E-state index in [1.165, 1.54) is 0 Å². The van der Waals surface area contributed by atoms with Crippen molar-refractivity contribution in [1.29, 1.82) is 0 Å². The number of nitrogens with zero attached hydrogens (tertiary/aromatic N) is 2. The third-order valence-corrected chi connectivity index (χ3v) is 6.30. The van der Waals surface area contributed by atoms with Crippen LogP contribution in [-0.2, 0) is 6.54 Å². The van der Waals surface area contributed by atoms with E-state index in [4.69, 9.17) is 23.2 Å². The van der Waals surface area contributed by atoms with Crippen LogP contribution in [0.1, 0.15) is 32.3 Å². The molecule has 0 saturated heterocycles. The summed E-state index contributed by atoms with van der Waals surface area (Å²) in [7, 11) is 0. The number of nitrogens with one attached hydrogen (secondary N) is 1. The first-order chi connectivity index (χ1) is 16.5. The number of aromatic hydroxyl groups is 1. The summed E-state index contributed by atoms with van der Waals surface area (Å²) in [6.07, 6.45) is 3.87. The molecular formula is C28H29Cl2N3O. The van der Waals surface area contributed by atoms with Crippen LogP contribution in [0.3, 0.4) is 0 Å². The van der Waals surface area contributed by atoms with Crippen LogP contribution in [-0.4, -0.2) is 28.1 Å². The monoisotopic (exact) mass is 493 g/mol. The molecule has 0 amide bonds. The zero-order chi connectivity index (χ0) is 24.1. The van der Waals surface area contributed by atoms with Crippen molar-refractivity contribution in [2.45, 2.75) is 33.2 Å². The van der Waals surface area contributed by atoms with Gasteiger partial charge in [-0.25, -0.2) is 0 Å². The Labute approximate surface area is 211 Å². The molecule has 0 atom stereocenters. The molecule has 0 fully saturated rings. The summed E-state index contributed by atoms with van der Waals surface area (Å²) in [6.45, 7) is 7.01. The van der Waals surface area contributed by atoms with Crippen LogP contribution in [0, 0.1) is 0 Å². The Balaban J connectivity index is 1.79. The molecule has 0 aliphatic carbocycles. The minimum Gasteiger partial charge on any atom is -0.505 e. The summed E-state index contributed by atoms with van der Waals surface area (Å²) in [5.41, 5.74) is 5.24. The van der Waals surface area contributed by atoms with E-state index in [1.54, 1.807) is 6.20 Å². The smallest absolute Gasteiger partial charge is 0.143 e. The van der Waals surface area contributed by atoms with Crippen molar-refractivity contribution in [3.8, 4) is 16.9 Å². The number of fused-ring (bicyclic) bond motifs is 1. The Hall–Kier alpha value is -2.79. The summed E-state index contributed by atoms with van der Waals surface area (Å²) in [6, 6.07) is 19.4. The van der Waals surface area contributed by atoms with Gasteiger partial charge >= 0.3 is 0 Å². The summed E-state index contributed by atoms with van der Waals surface area (Å²) in [4.78, 5) is 6.82. The Morgan fingerprint density at radius 2 is 1.53 bits per heavy atom. The molecule has 1 aromatic heterocycles. The lowest BCUT2D eigenvalue weighted by Crippen LogP contribution is -2.25. The summed E-state index contributed by atoms with van der Waals surface area (Å²) >= 11 is 12.3. The van der Waals surface area contributed by atoms with E-state index < -0.39 is 0 Å². The van der Waals surface area contributed by atoms with Crippen molar-refractivity contribution < 1.29 is 5.11 Å². The van der Waals surface area contributed by atoms with E-state index in [2.05, 4.69) is 35.1 Å². The fourth-order valence-electron chi connectivity index (χ4n) is 4.24. The van der Waals surface area contributed by atoms with Crippen LogP contribution in [0.4, 0.5) is 11.4 Å². The van der Waals surface area contributed by atoms with Gasteiger partial charge in [-0.3, -0.25) is 9.88 Å². The molecule has 1 heterocycles. The molecule has 6 heteroatoms. The second kappa shape index (κ2) is 11.1. The average Bonchev–Trinajstić information content (AvgIpc) is 2.82. The number of hydrogen-bond donors (Lipinski definition) is 2. The summed E-state index contributed by atoms with van der Waals surface area (Å²) in [5.74, 6) is 0.258. The quantitative estimate of drug-likeness (QED) is 0.230. The van der Waals surface area contributed by atoms with Crippen LogP contribution < -0.4 is 5.32 Å². The molecule has 2 N–H and O–H groups in total. The minimum absolute atomic E-state index is 0.258. The number of rotatable bonds is 9. The van der Waals surface area contributed by atoms with Crippen molar-refractivity contribution >= 4 is 45.5 Å². The molecule has 0 spiro atoms. The van der Waals surface area contributed by atoms with Gasteiger partial charge < -0.3 is 10.4 Å². The maximum absolute atomic E-state index is 11.3. The number of aromatic nitrogens is 1. The van der Waals surface area contributed by atoms with Gasteiger partial charge in [0.15, 0.2) is 0 Å². The Morgan fingerprint density at radius 1 is 0.824 bits per heavy atom. The van der Waals surface area contributed by atoms with E-state index in [0.29, 0.717) is 22.3 Å². The molecule has 0 saturated carbocycles. The van der Waals surface area contributed by atoms with Gasteiger partial charge in [-0.15, -0.1) is 0 Å². The van der Waals surface area contributed by atoms with Gasteiger partial charge in [0, 0.05) is 39.4 Å². The first-order valence-corrected chi connectivity index (χ1v) is 12.4. The molecule has 34 heavy (non-hydrogen) atoms. The normalized spacial score (nSPS) is 11.3. The SMILES string of the molecule is CCCN(CCC)Cc1cc(-c2ccc(Cl)cc2)cc(Nc2ccnc3cc(Cl)ccc23)c1O. The number of hydrogen-bond acceptors (Lipinski definition) is 4. The van der Waals surface area contributed by atoms with Crippen LogP contribution in [0.2, 0.25) is 10.0 Å². The second-order valence-electron chi connectivity index (χ2n) is 8.46. The van der Waals surface area contributed by atoms with Crippen LogP contribution in [0.5, 0.6) is 5.75 Å². The van der Waals surface area contributed by atoms with Gasteiger partial charge in [0.1, 0.15) is 5.75 Å². The Kier molecular flexibility index (Phi) is 7.94. The molecule has 0 bridgehead atoms. The predicted octanol–water partition coefficient (Wildman–Crippen LogP) is 8.28. The first kappa shape index (κ1) is 24.3. The van der Waals surface area contributed by atoms with E-state index >= 15 is 0 Å². The zero-order valence-electron chi connectivity index (χ0n) is 19.5. The summed E-state index contributed by atoms with van der Waals surface area (Å²) in [5, 5.41) is 17.0.